The number of hydrogen-bond acceptors (Lipinski definition) is 5. The first kappa shape index (κ1) is 17.8. The number of halogens is 2. The smallest absolute Gasteiger partial charge is 0.273 e. The second kappa shape index (κ2) is 7.18. The zero-order valence-electron chi connectivity index (χ0n) is 14.4. The van der Waals surface area contributed by atoms with Crippen molar-refractivity contribution in [1.29, 1.82) is 0 Å². The van der Waals surface area contributed by atoms with Crippen molar-refractivity contribution < 1.29 is 9.32 Å². The van der Waals surface area contributed by atoms with Gasteiger partial charge in [-0.2, -0.15) is 0 Å². The molecule has 2 atom stereocenters. The fourth-order valence-electron chi connectivity index (χ4n) is 3.40. The molecule has 0 bridgehead atoms. The van der Waals surface area contributed by atoms with Crippen LogP contribution in [-0.2, 0) is 6.54 Å². The number of carbonyl (C=O) groups excluding carboxylic acids is 1. The minimum Gasteiger partial charge on any atom is -0.360 e. The third-order valence-corrected chi connectivity index (χ3v) is 5.56. The second-order valence-corrected chi connectivity index (χ2v) is 8.04. The van der Waals surface area contributed by atoms with Crippen molar-refractivity contribution in [3.63, 3.8) is 0 Å². The van der Waals surface area contributed by atoms with Crippen LogP contribution in [0.4, 0.5) is 0 Å². The molecule has 1 saturated carbocycles. The van der Waals surface area contributed by atoms with Gasteiger partial charge in [0.15, 0.2) is 5.69 Å². The monoisotopic (exact) mass is 394 g/mol. The van der Waals surface area contributed by atoms with E-state index in [-0.39, 0.29) is 11.9 Å². The Hall–Kier alpha value is -1.63. The molecule has 0 spiro atoms. The molecule has 1 aliphatic carbocycles. The standard InChI is InChI=1S/C18H20Cl2N4O2/c1-10-7-24(8-12-4-13(19)6-21-17(12)20)9-15(10)22-18(25)14-5-16(26-23-14)11-2-3-11/h4-6,10-11,15H,2-3,7-9H2,1H3,(H,22,25)/t10-,15+/m0/s1. The maximum Gasteiger partial charge on any atom is 0.273 e. The summed E-state index contributed by atoms with van der Waals surface area (Å²) in [6.45, 7) is 4.38. The molecular weight excluding hydrogens is 375 g/mol. The molecule has 8 heteroatoms. The summed E-state index contributed by atoms with van der Waals surface area (Å²) in [7, 11) is 0. The third kappa shape index (κ3) is 3.87. The van der Waals surface area contributed by atoms with E-state index in [9.17, 15) is 4.79 Å². The van der Waals surface area contributed by atoms with Gasteiger partial charge in [0.2, 0.25) is 0 Å². The first-order chi connectivity index (χ1) is 12.5. The molecule has 1 aliphatic heterocycles. The first-order valence-electron chi connectivity index (χ1n) is 8.79. The summed E-state index contributed by atoms with van der Waals surface area (Å²) >= 11 is 12.2. The van der Waals surface area contributed by atoms with Crippen LogP contribution in [0.2, 0.25) is 10.2 Å². The van der Waals surface area contributed by atoms with Crippen molar-refractivity contribution in [2.24, 2.45) is 5.92 Å². The van der Waals surface area contributed by atoms with Crippen molar-refractivity contribution in [3.05, 3.63) is 45.5 Å². The van der Waals surface area contributed by atoms with E-state index in [1.54, 1.807) is 6.07 Å². The van der Waals surface area contributed by atoms with Crippen LogP contribution in [0.1, 0.15) is 47.5 Å². The van der Waals surface area contributed by atoms with Crippen LogP contribution >= 0.6 is 23.2 Å². The van der Waals surface area contributed by atoms with Gasteiger partial charge in [0.25, 0.3) is 5.91 Å². The maximum absolute atomic E-state index is 12.5. The van der Waals surface area contributed by atoms with E-state index in [4.69, 9.17) is 27.7 Å². The number of pyridine rings is 1. The van der Waals surface area contributed by atoms with Crippen molar-refractivity contribution in [1.82, 2.24) is 20.4 Å². The molecule has 2 aliphatic rings. The molecule has 1 N–H and O–H groups in total. The molecule has 3 heterocycles. The van der Waals surface area contributed by atoms with Gasteiger partial charge in [0.1, 0.15) is 10.9 Å². The highest BCUT2D eigenvalue weighted by Gasteiger charge is 2.33. The fraction of sp³-hybridized carbons (Fsp3) is 0.500. The Morgan fingerprint density at radius 1 is 1.35 bits per heavy atom. The van der Waals surface area contributed by atoms with Gasteiger partial charge in [-0.05, 0) is 24.8 Å². The summed E-state index contributed by atoms with van der Waals surface area (Å²) in [6.07, 6.45) is 3.77. The Morgan fingerprint density at radius 3 is 2.92 bits per heavy atom. The molecule has 138 valence electrons. The molecule has 26 heavy (non-hydrogen) atoms. The lowest BCUT2D eigenvalue weighted by Crippen LogP contribution is -2.40. The van der Waals surface area contributed by atoms with E-state index in [0.717, 1.165) is 37.3 Å². The quantitative estimate of drug-likeness (QED) is 0.785. The van der Waals surface area contributed by atoms with Gasteiger partial charge in [-0.25, -0.2) is 4.98 Å². The van der Waals surface area contributed by atoms with Gasteiger partial charge < -0.3 is 9.84 Å². The lowest BCUT2D eigenvalue weighted by molar-refractivity contribution is 0.0922. The van der Waals surface area contributed by atoms with Gasteiger partial charge in [0, 0.05) is 49.4 Å². The Balaban J connectivity index is 1.37. The van der Waals surface area contributed by atoms with Crippen molar-refractivity contribution in [3.8, 4) is 0 Å². The minimum atomic E-state index is -0.179. The first-order valence-corrected chi connectivity index (χ1v) is 9.55. The number of likely N-dealkylation sites (tertiary alicyclic amines) is 1. The zero-order valence-corrected chi connectivity index (χ0v) is 15.9. The van der Waals surface area contributed by atoms with Crippen LogP contribution in [0.5, 0.6) is 0 Å². The number of nitrogens with one attached hydrogen (secondary N) is 1. The highest BCUT2D eigenvalue weighted by atomic mass is 35.5. The molecule has 0 unspecified atom stereocenters. The molecular formula is C18H20Cl2N4O2. The van der Waals surface area contributed by atoms with Crippen LogP contribution in [0.15, 0.2) is 22.9 Å². The van der Waals surface area contributed by atoms with Gasteiger partial charge in [-0.1, -0.05) is 35.3 Å². The highest BCUT2D eigenvalue weighted by Crippen LogP contribution is 2.40. The van der Waals surface area contributed by atoms with Gasteiger partial charge in [-0.15, -0.1) is 0 Å². The molecule has 0 aromatic carbocycles. The molecule has 6 nitrogen and oxygen atoms in total. The van der Waals surface area contributed by atoms with E-state index in [0.29, 0.717) is 34.3 Å². The number of carbonyl (C=O) groups is 1. The van der Waals surface area contributed by atoms with Crippen LogP contribution in [0.25, 0.3) is 0 Å². The van der Waals surface area contributed by atoms with Gasteiger partial charge in [-0.3, -0.25) is 9.69 Å². The number of aromatic nitrogens is 2. The van der Waals surface area contributed by atoms with Crippen LogP contribution in [0, 0.1) is 5.92 Å². The Morgan fingerprint density at radius 2 is 2.15 bits per heavy atom. The number of amides is 1. The van der Waals surface area contributed by atoms with E-state index in [1.807, 2.05) is 6.07 Å². The SMILES string of the molecule is C[C@H]1CN(Cc2cc(Cl)cnc2Cl)C[C@H]1NC(=O)c1cc(C2CC2)on1. The number of nitrogens with zero attached hydrogens (tertiary/aromatic N) is 3. The summed E-state index contributed by atoms with van der Waals surface area (Å²) in [5.74, 6) is 1.40. The number of hydrogen-bond donors (Lipinski definition) is 1. The zero-order chi connectivity index (χ0) is 18.3. The lowest BCUT2D eigenvalue weighted by atomic mass is 10.1. The van der Waals surface area contributed by atoms with E-state index < -0.39 is 0 Å². The van der Waals surface area contributed by atoms with Crippen molar-refractivity contribution >= 4 is 29.1 Å². The largest absolute Gasteiger partial charge is 0.360 e. The summed E-state index contributed by atoms with van der Waals surface area (Å²) < 4.78 is 5.27. The topological polar surface area (TPSA) is 71.3 Å². The van der Waals surface area contributed by atoms with E-state index in [1.165, 1.54) is 6.20 Å². The van der Waals surface area contributed by atoms with Gasteiger partial charge in [0.05, 0.1) is 5.02 Å². The summed E-state index contributed by atoms with van der Waals surface area (Å²) in [6, 6.07) is 3.65. The van der Waals surface area contributed by atoms with Crippen molar-refractivity contribution in [2.45, 2.75) is 38.3 Å². The Kier molecular flexibility index (Phi) is 4.90. The summed E-state index contributed by atoms with van der Waals surface area (Å²) in [5.41, 5.74) is 1.25. The summed E-state index contributed by atoms with van der Waals surface area (Å²) in [5, 5.41) is 8.02. The third-order valence-electron chi connectivity index (χ3n) is 5.02. The molecule has 1 amide bonds. The van der Waals surface area contributed by atoms with E-state index in [2.05, 4.69) is 27.3 Å². The normalized spacial score (nSPS) is 23.3. The average molecular weight is 395 g/mol. The van der Waals surface area contributed by atoms with Gasteiger partial charge >= 0.3 is 0 Å². The predicted octanol–water partition coefficient (Wildman–Crippen LogP) is 3.50. The highest BCUT2D eigenvalue weighted by molar-refractivity contribution is 6.32. The summed E-state index contributed by atoms with van der Waals surface area (Å²) in [4.78, 5) is 18.8. The lowest BCUT2D eigenvalue weighted by Gasteiger charge is -2.17. The Bertz CT molecular complexity index is 821. The average Bonchev–Trinajstić information content (AvgIpc) is 3.23. The molecule has 2 aromatic heterocycles. The van der Waals surface area contributed by atoms with Crippen LogP contribution in [0.3, 0.4) is 0 Å². The minimum absolute atomic E-state index is 0.0505. The van der Waals surface area contributed by atoms with Crippen LogP contribution < -0.4 is 5.32 Å². The Labute approximate surface area is 161 Å². The molecule has 2 aromatic rings. The molecule has 1 saturated heterocycles. The van der Waals surface area contributed by atoms with E-state index >= 15 is 0 Å². The second-order valence-electron chi connectivity index (χ2n) is 7.24. The number of rotatable bonds is 5. The molecule has 2 fully saturated rings. The molecule has 4 rings (SSSR count). The van der Waals surface area contributed by atoms with Crippen LogP contribution in [-0.4, -0.2) is 40.1 Å². The maximum atomic E-state index is 12.5. The fourth-order valence-corrected chi connectivity index (χ4v) is 3.74. The predicted molar refractivity (Wildman–Crippen MR) is 98.4 cm³/mol. The van der Waals surface area contributed by atoms with Crippen molar-refractivity contribution in [2.75, 3.05) is 13.1 Å². The molecule has 0 radical (unpaired) electrons.